The van der Waals surface area contributed by atoms with Crippen LogP contribution in [0.1, 0.15) is 31.6 Å². The number of anilines is 1. The van der Waals surface area contributed by atoms with Gasteiger partial charge in [-0.2, -0.15) is 4.98 Å². The fourth-order valence-corrected chi connectivity index (χ4v) is 5.79. The van der Waals surface area contributed by atoms with Crippen molar-refractivity contribution in [2.24, 2.45) is 5.92 Å². The molecule has 2 fully saturated rings. The second kappa shape index (κ2) is 9.43. The smallest absolute Gasteiger partial charge is 0.224 e. The van der Waals surface area contributed by atoms with Gasteiger partial charge in [-0.25, -0.2) is 4.98 Å². The van der Waals surface area contributed by atoms with Crippen LogP contribution in [0.5, 0.6) is 0 Å². The van der Waals surface area contributed by atoms with Crippen LogP contribution in [0.3, 0.4) is 0 Å². The van der Waals surface area contributed by atoms with Gasteiger partial charge in [0.1, 0.15) is 0 Å². The molecule has 6 nitrogen and oxygen atoms in total. The highest BCUT2D eigenvalue weighted by molar-refractivity contribution is 7.19. The van der Waals surface area contributed by atoms with Crippen LogP contribution in [0.25, 0.3) is 10.2 Å². The molecule has 0 unspecified atom stereocenters. The molecule has 2 saturated heterocycles. The Kier molecular flexibility index (Phi) is 6.91. The lowest BCUT2D eigenvalue weighted by Gasteiger charge is -2.37. The minimum atomic E-state index is 0.328. The molecular weight excluding hydrogens is 406 g/mol. The number of ether oxygens (including phenoxy) is 1. The minimum Gasteiger partial charge on any atom is -0.378 e. The summed E-state index contributed by atoms with van der Waals surface area (Å²) in [7, 11) is 2.26. The predicted octanol–water partition coefficient (Wildman–Crippen LogP) is 3.73. The van der Waals surface area contributed by atoms with Crippen molar-refractivity contribution in [1.29, 1.82) is 0 Å². The molecule has 4 rings (SSSR count). The number of hydrogen-bond acceptors (Lipinski definition) is 7. The van der Waals surface area contributed by atoms with Crippen LogP contribution in [0.4, 0.5) is 5.82 Å². The Morgan fingerprint density at radius 1 is 1.21 bits per heavy atom. The molecule has 2 aliphatic rings. The number of fused-ring (bicyclic) bond motifs is 1. The third kappa shape index (κ3) is 5.20. The van der Waals surface area contributed by atoms with Crippen LogP contribution in [-0.4, -0.2) is 78.8 Å². The molecule has 0 aromatic carbocycles. The topological polar surface area (TPSA) is 44.7 Å². The zero-order valence-electron chi connectivity index (χ0n) is 17.7. The molecule has 8 heteroatoms. The molecule has 0 N–H and O–H groups in total. The Labute approximate surface area is 182 Å². The Morgan fingerprint density at radius 2 is 1.93 bits per heavy atom. The molecule has 0 spiro atoms. The van der Waals surface area contributed by atoms with Gasteiger partial charge in [0.05, 0.1) is 23.4 Å². The summed E-state index contributed by atoms with van der Waals surface area (Å²) in [5, 5.41) is 0.328. The SMILES string of the molecule is CC(C)CN1CCC(N(C)Cc2cc3nc(Cl)nc(N4CCOCC4)c3s2)CC1. The van der Waals surface area contributed by atoms with Crippen molar-refractivity contribution in [3.05, 3.63) is 16.2 Å². The maximum Gasteiger partial charge on any atom is 0.224 e. The van der Waals surface area contributed by atoms with Crippen molar-refractivity contribution < 1.29 is 4.74 Å². The van der Waals surface area contributed by atoms with Crippen molar-refractivity contribution in [3.63, 3.8) is 0 Å². The number of halogens is 1. The van der Waals surface area contributed by atoms with Crippen LogP contribution < -0.4 is 4.90 Å². The zero-order chi connectivity index (χ0) is 20.4. The fraction of sp³-hybridized carbons (Fsp3) is 0.714. The van der Waals surface area contributed by atoms with Crippen LogP contribution in [0.2, 0.25) is 5.28 Å². The molecule has 4 heterocycles. The van der Waals surface area contributed by atoms with Crippen molar-refractivity contribution in [3.8, 4) is 0 Å². The lowest BCUT2D eigenvalue weighted by Crippen LogP contribution is -2.44. The molecule has 2 aromatic rings. The van der Waals surface area contributed by atoms with E-state index in [9.17, 15) is 0 Å². The number of rotatable bonds is 6. The molecule has 0 saturated carbocycles. The maximum absolute atomic E-state index is 6.24. The number of thiophene rings is 1. The first kappa shape index (κ1) is 21.2. The number of likely N-dealkylation sites (tertiary alicyclic amines) is 1. The number of aromatic nitrogens is 2. The van der Waals surface area contributed by atoms with Crippen LogP contribution >= 0.6 is 22.9 Å². The largest absolute Gasteiger partial charge is 0.378 e. The number of piperidine rings is 1. The molecule has 29 heavy (non-hydrogen) atoms. The molecule has 0 radical (unpaired) electrons. The molecule has 0 atom stereocenters. The molecule has 160 valence electrons. The van der Waals surface area contributed by atoms with E-state index in [4.69, 9.17) is 16.3 Å². The van der Waals surface area contributed by atoms with E-state index >= 15 is 0 Å². The van der Waals surface area contributed by atoms with E-state index in [0.29, 0.717) is 11.3 Å². The monoisotopic (exact) mass is 437 g/mol. The molecule has 2 aromatic heterocycles. The Balaban J connectivity index is 1.44. The summed E-state index contributed by atoms with van der Waals surface area (Å²) < 4.78 is 6.64. The van der Waals surface area contributed by atoms with Crippen molar-refractivity contribution >= 4 is 39.0 Å². The van der Waals surface area contributed by atoms with Gasteiger partial charge in [0.15, 0.2) is 5.82 Å². The van der Waals surface area contributed by atoms with Gasteiger partial charge in [0, 0.05) is 37.1 Å². The van der Waals surface area contributed by atoms with E-state index in [1.807, 2.05) is 11.3 Å². The summed E-state index contributed by atoms with van der Waals surface area (Å²) >= 11 is 8.05. The quantitative estimate of drug-likeness (QED) is 0.641. The Bertz CT molecular complexity index is 815. The standard InChI is InChI=1S/C21H32ClN5OS/c1-15(2)13-26-6-4-16(5-7-26)25(3)14-17-12-18-19(29-17)20(24-21(22)23-18)27-8-10-28-11-9-27/h12,15-16H,4-11,13-14H2,1-3H3. The fourth-order valence-electron chi connectivity index (χ4n) is 4.44. The lowest BCUT2D eigenvalue weighted by molar-refractivity contribution is 0.116. The van der Waals surface area contributed by atoms with Crippen LogP contribution in [0, 0.1) is 5.92 Å². The van der Waals surface area contributed by atoms with Gasteiger partial charge in [-0.15, -0.1) is 11.3 Å². The van der Waals surface area contributed by atoms with Gasteiger partial charge in [-0.05, 0) is 56.6 Å². The summed E-state index contributed by atoms with van der Waals surface area (Å²) in [4.78, 5) is 17.8. The summed E-state index contributed by atoms with van der Waals surface area (Å²) in [5.74, 6) is 1.71. The number of morpholine rings is 1. The van der Waals surface area contributed by atoms with Crippen molar-refractivity contribution in [2.45, 2.75) is 39.3 Å². The minimum absolute atomic E-state index is 0.328. The van der Waals surface area contributed by atoms with E-state index in [2.05, 4.69) is 51.6 Å². The predicted molar refractivity (Wildman–Crippen MR) is 121 cm³/mol. The lowest BCUT2D eigenvalue weighted by atomic mass is 10.0. The van der Waals surface area contributed by atoms with Crippen LogP contribution in [0.15, 0.2) is 6.07 Å². The highest BCUT2D eigenvalue weighted by Gasteiger charge is 2.24. The average molecular weight is 438 g/mol. The molecule has 0 bridgehead atoms. The van der Waals surface area contributed by atoms with Crippen molar-refractivity contribution in [1.82, 2.24) is 19.8 Å². The summed E-state index contributed by atoms with van der Waals surface area (Å²) in [6, 6.07) is 2.85. The maximum atomic E-state index is 6.24. The van der Waals surface area contributed by atoms with E-state index in [-0.39, 0.29) is 0 Å². The Hall–Kier alpha value is -0.990. The van der Waals surface area contributed by atoms with Gasteiger partial charge in [-0.1, -0.05) is 13.8 Å². The van der Waals surface area contributed by atoms with E-state index in [0.717, 1.165) is 54.8 Å². The second-order valence-electron chi connectivity index (χ2n) is 8.68. The number of hydrogen-bond donors (Lipinski definition) is 0. The van der Waals surface area contributed by atoms with E-state index < -0.39 is 0 Å². The van der Waals surface area contributed by atoms with Gasteiger partial charge in [0.25, 0.3) is 0 Å². The molecular formula is C21H32ClN5OS. The first-order valence-electron chi connectivity index (χ1n) is 10.7. The van der Waals surface area contributed by atoms with Gasteiger partial charge in [0.2, 0.25) is 5.28 Å². The zero-order valence-corrected chi connectivity index (χ0v) is 19.3. The third-order valence-electron chi connectivity index (χ3n) is 5.90. The van der Waals surface area contributed by atoms with Crippen LogP contribution in [-0.2, 0) is 11.3 Å². The highest BCUT2D eigenvalue weighted by atomic mass is 35.5. The van der Waals surface area contributed by atoms with E-state index in [1.165, 1.54) is 37.4 Å². The molecule has 2 aliphatic heterocycles. The molecule has 0 aliphatic carbocycles. The average Bonchev–Trinajstić information content (AvgIpc) is 3.10. The Morgan fingerprint density at radius 3 is 2.62 bits per heavy atom. The van der Waals surface area contributed by atoms with Crippen molar-refractivity contribution in [2.75, 3.05) is 57.9 Å². The summed E-state index contributed by atoms with van der Waals surface area (Å²) in [6.45, 7) is 12.4. The number of nitrogens with zero attached hydrogens (tertiary/aromatic N) is 5. The second-order valence-corrected chi connectivity index (χ2v) is 10.2. The third-order valence-corrected chi connectivity index (χ3v) is 7.17. The molecule has 0 amide bonds. The normalized spacial score (nSPS) is 19.7. The van der Waals surface area contributed by atoms with Gasteiger partial charge < -0.3 is 14.5 Å². The summed E-state index contributed by atoms with van der Waals surface area (Å²) in [5.41, 5.74) is 0.964. The highest BCUT2D eigenvalue weighted by Crippen LogP contribution is 2.34. The van der Waals surface area contributed by atoms with Gasteiger partial charge in [-0.3, -0.25) is 4.90 Å². The van der Waals surface area contributed by atoms with E-state index in [1.54, 1.807) is 0 Å². The first-order chi connectivity index (χ1) is 14.0. The first-order valence-corrected chi connectivity index (χ1v) is 11.9. The van der Waals surface area contributed by atoms with Gasteiger partial charge >= 0.3 is 0 Å². The summed E-state index contributed by atoms with van der Waals surface area (Å²) in [6.07, 6.45) is 2.50.